The first-order valence-corrected chi connectivity index (χ1v) is 9.95. The number of hydrogen-bond acceptors (Lipinski definition) is 5. The molecule has 0 fully saturated rings. The maximum Gasteiger partial charge on any atom is 0.408 e. The van der Waals surface area contributed by atoms with E-state index in [0.717, 1.165) is 11.3 Å². The van der Waals surface area contributed by atoms with Crippen LogP contribution in [0, 0.1) is 0 Å². The highest BCUT2D eigenvalue weighted by Crippen LogP contribution is 2.18. The van der Waals surface area contributed by atoms with Crippen molar-refractivity contribution >= 4 is 29.3 Å². The fraction of sp³-hybridized carbons (Fsp3) is 0.348. The van der Waals surface area contributed by atoms with Crippen LogP contribution in [0.5, 0.6) is 0 Å². The SMILES string of the molecule is CN(C)c1ccc(C(=O)Nc2ccccc2CNC(=O)CNC(=O)OC(C)(C)C)cc1. The third-order valence-electron chi connectivity index (χ3n) is 4.18. The minimum Gasteiger partial charge on any atom is -0.444 e. The molecule has 0 unspecified atom stereocenters. The molecule has 2 rings (SSSR count). The number of para-hydroxylation sites is 1. The van der Waals surface area contributed by atoms with Crippen molar-refractivity contribution in [1.29, 1.82) is 0 Å². The Bertz CT molecular complexity index is 918. The van der Waals surface area contributed by atoms with Gasteiger partial charge >= 0.3 is 6.09 Å². The zero-order chi connectivity index (χ0) is 23.0. The van der Waals surface area contributed by atoms with Crippen molar-refractivity contribution in [3.8, 4) is 0 Å². The zero-order valence-corrected chi connectivity index (χ0v) is 18.6. The van der Waals surface area contributed by atoms with Crippen molar-refractivity contribution < 1.29 is 19.1 Å². The number of nitrogens with one attached hydrogen (secondary N) is 3. The summed E-state index contributed by atoms with van der Waals surface area (Å²) in [6.07, 6.45) is -0.657. The monoisotopic (exact) mass is 426 g/mol. The van der Waals surface area contributed by atoms with Gasteiger partial charge in [0, 0.05) is 37.6 Å². The number of rotatable bonds is 7. The average molecular weight is 427 g/mol. The van der Waals surface area contributed by atoms with Gasteiger partial charge in [0.25, 0.3) is 5.91 Å². The molecule has 8 heteroatoms. The van der Waals surface area contributed by atoms with E-state index in [9.17, 15) is 14.4 Å². The highest BCUT2D eigenvalue weighted by Gasteiger charge is 2.16. The summed E-state index contributed by atoms with van der Waals surface area (Å²) in [5, 5.41) is 8.02. The van der Waals surface area contributed by atoms with E-state index in [-0.39, 0.29) is 24.9 Å². The van der Waals surface area contributed by atoms with Crippen molar-refractivity contribution in [2.45, 2.75) is 32.9 Å². The molecule has 0 aliphatic heterocycles. The highest BCUT2D eigenvalue weighted by molar-refractivity contribution is 6.04. The lowest BCUT2D eigenvalue weighted by Gasteiger charge is -2.19. The van der Waals surface area contributed by atoms with Gasteiger partial charge in [0.15, 0.2) is 0 Å². The fourth-order valence-corrected chi connectivity index (χ4v) is 2.62. The topological polar surface area (TPSA) is 99.8 Å². The molecule has 0 spiro atoms. The van der Waals surface area contributed by atoms with Crippen LogP contribution in [0.1, 0.15) is 36.7 Å². The molecule has 0 aliphatic rings. The van der Waals surface area contributed by atoms with Crippen molar-refractivity contribution in [1.82, 2.24) is 10.6 Å². The first-order chi connectivity index (χ1) is 14.5. The molecule has 3 amide bonds. The van der Waals surface area contributed by atoms with E-state index in [4.69, 9.17) is 4.74 Å². The molecule has 0 atom stereocenters. The van der Waals surface area contributed by atoms with E-state index in [0.29, 0.717) is 11.3 Å². The van der Waals surface area contributed by atoms with Crippen LogP contribution in [0.25, 0.3) is 0 Å². The lowest BCUT2D eigenvalue weighted by Crippen LogP contribution is -2.39. The van der Waals surface area contributed by atoms with Gasteiger partial charge in [0.1, 0.15) is 12.1 Å². The van der Waals surface area contributed by atoms with Crippen LogP contribution >= 0.6 is 0 Å². The summed E-state index contributed by atoms with van der Waals surface area (Å²) in [4.78, 5) is 38.3. The first-order valence-electron chi connectivity index (χ1n) is 9.95. The molecular formula is C23H30N4O4. The Balaban J connectivity index is 1.92. The molecule has 166 valence electrons. The van der Waals surface area contributed by atoms with E-state index in [2.05, 4.69) is 16.0 Å². The summed E-state index contributed by atoms with van der Waals surface area (Å²) >= 11 is 0. The quantitative estimate of drug-likeness (QED) is 0.632. The van der Waals surface area contributed by atoms with Gasteiger partial charge in [-0.05, 0) is 56.7 Å². The number of amides is 3. The molecule has 0 heterocycles. The van der Waals surface area contributed by atoms with E-state index in [1.807, 2.05) is 43.3 Å². The number of nitrogens with zero attached hydrogens (tertiary/aromatic N) is 1. The van der Waals surface area contributed by atoms with Gasteiger partial charge in [-0.15, -0.1) is 0 Å². The Hall–Kier alpha value is -3.55. The second-order valence-corrected chi connectivity index (χ2v) is 8.18. The number of ether oxygens (including phenoxy) is 1. The van der Waals surface area contributed by atoms with E-state index < -0.39 is 11.7 Å². The maximum atomic E-state index is 12.6. The van der Waals surface area contributed by atoms with Gasteiger partial charge in [0.05, 0.1) is 0 Å². The van der Waals surface area contributed by atoms with E-state index in [1.54, 1.807) is 45.0 Å². The van der Waals surface area contributed by atoms with Crippen molar-refractivity contribution in [2.75, 3.05) is 30.9 Å². The number of carbonyl (C=O) groups is 3. The lowest BCUT2D eigenvalue weighted by molar-refractivity contribution is -0.120. The predicted molar refractivity (Wildman–Crippen MR) is 121 cm³/mol. The predicted octanol–water partition coefficient (Wildman–Crippen LogP) is 3.15. The van der Waals surface area contributed by atoms with Crippen molar-refractivity contribution in [2.24, 2.45) is 0 Å². The smallest absolute Gasteiger partial charge is 0.408 e. The van der Waals surface area contributed by atoms with Crippen LogP contribution in [-0.4, -0.2) is 44.1 Å². The summed E-state index contributed by atoms with van der Waals surface area (Å²) in [6, 6.07) is 14.5. The Kier molecular flexibility index (Phi) is 8.01. The zero-order valence-electron chi connectivity index (χ0n) is 18.6. The van der Waals surface area contributed by atoms with Crippen LogP contribution < -0.4 is 20.9 Å². The van der Waals surface area contributed by atoms with Gasteiger partial charge in [-0.1, -0.05) is 18.2 Å². The highest BCUT2D eigenvalue weighted by atomic mass is 16.6. The summed E-state index contributed by atoms with van der Waals surface area (Å²) in [5.74, 6) is -0.609. The number of hydrogen-bond donors (Lipinski definition) is 3. The lowest BCUT2D eigenvalue weighted by atomic mass is 10.1. The van der Waals surface area contributed by atoms with E-state index >= 15 is 0 Å². The number of carbonyl (C=O) groups excluding carboxylic acids is 3. The molecule has 0 radical (unpaired) electrons. The third-order valence-corrected chi connectivity index (χ3v) is 4.18. The van der Waals surface area contributed by atoms with Crippen LogP contribution in [-0.2, 0) is 16.1 Å². The molecule has 31 heavy (non-hydrogen) atoms. The van der Waals surface area contributed by atoms with E-state index in [1.165, 1.54) is 0 Å². The Morgan fingerprint density at radius 2 is 1.58 bits per heavy atom. The molecule has 0 saturated heterocycles. The average Bonchev–Trinajstić information content (AvgIpc) is 2.70. The fourth-order valence-electron chi connectivity index (χ4n) is 2.62. The van der Waals surface area contributed by atoms with Crippen LogP contribution in [0.2, 0.25) is 0 Å². The normalized spacial score (nSPS) is 10.7. The second kappa shape index (κ2) is 10.5. The molecule has 2 aromatic rings. The van der Waals surface area contributed by atoms with Gasteiger partial charge < -0.3 is 25.6 Å². The maximum absolute atomic E-state index is 12.6. The second-order valence-electron chi connectivity index (χ2n) is 8.18. The Labute approximate surface area is 183 Å². The van der Waals surface area contributed by atoms with Crippen LogP contribution in [0.3, 0.4) is 0 Å². The van der Waals surface area contributed by atoms with Gasteiger partial charge in [-0.25, -0.2) is 4.79 Å². The Morgan fingerprint density at radius 1 is 0.935 bits per heavy atom. The minimum absolute atomic E-state index is 0.199. The van der Waals surface area contributed by atoms with Crippen molar-refractivity contribution in [3.63, 3.8) is 0 Å². The molecule has 8 nitrogen and oxygen atoms in total. The Morgan fingerprint density at radius 3 is 2.19 bits per heavy atom. The van der Waals surface area contributed by atoms with Crippen LogP contribution in [0.4, 0.5) is 16.2 Å². The first kappa shape index (κ1) is 23.7. The summed E-state index contributed by atoms with van der Waals surface area (Å²) in [5.41, 5.74) is 2.24. The standard InChI is InChI=1S/C23H30N4O4/c1-23(2,3)31-22(30)25-15-20(28)24-14-17-8-6-7-9-19(17)26-21(29)16-10-12-18(13-11-16)27(4)5/h6-13H,14-15H2,1-5H3,(H,24,28)(H,25,30)(H,26,29). The minimum atomic E-state index is -0.657. The molecule has 3 N–H and O–H groups in total. The number of anilines is 2. The number of benzene rings is 2. The summed E-state index contributed by atoms with van der Waals surface area (Å²) in [6.45, 7) is 5.23. The van der Waals surface area contributed by atoms with Crippen molar-refractivity contribution in [3.05, 3.63) is 59.7 Å². The van der Waals surface area contributed by atoms with Gasteiger partial charge in [-0.2, -0.15) is 0 Å². The summed E-state index contributed by atoms with van der Waals surface area (Å²) in [7, 11) is 3.87. The van der Waals surface area contributed by atoms with Crippen LogP contribution in [0.15, 0.2) is 48.5 Å². The molecular weight excluding hydrogens is 396 g/mol. The third kappa shape index (κ3) is 8.00. The number of alkyl carbamates (subject to hydrolysis) is 1. The molecule has 0 saturated carbocycles. The molecule has 0 aromatic heterocycles. The summed E-state index contributed by atoms with van der Waals surface area (Å²) < 4.78 is 5.10. The molecule has 2 aromatic carbocycles. The molecule has 0 bridgehead atoms. The van der Waals surface area contributed by atoms with Gasteiger partial charge in [-0.3, -0.25) is 9.59 Å². The molecule has 0 aliphatic carbocycles. The largest absolute Gasteiger partial charge is 0.444 e. The van der Waals surface area contributed by atoms with Gasteiger partial charge in [0.2, 0.25) is 5.91 Å².